The highest BCUT2D eigenvalue weighted by atomic mass is 28.2. The number of hydrogen-bond acceptors (Lipinski definition) is 2. The van der Waals surface area contributed by atoms with Crippen molar-refractivity contribution in [2.75, 3.05) is 7.05 Å². The summed E-state index contributed by atoms with van der Waals surface area (Å²) in [4.78, 5) is 0. The molecule has 2 N–H and O–H groups in total. The Kier molecular flexibility index (Phi) is 3.63. The van der Waals surface area contributed by atoms with Gasteiger partial charge in [-0.3, -0.25) is 0 Å². The highest BCUT2D eigenvalue weighted by molar-refractivity contribution is 6.68. The van der Waals surface area contributed by atoms with Crippen LogP contribution in [0.3, 0.4) is 0 Å². The van der Waals surface area contributed by atoms with Crippen molar-refractivity contribution < 1.29 is 5.11 Å². The maximum absolute atomic E-state index is 9.88. The van der Waals surface area contributed by atoms with Gasteiger partial charge in [0.05, 0.1) is 19.8 Å². The summed E-state index contributed by atoms with van der Waals surface area (Å²) in [6.07, 6.45) is 7.21. The molecule has 72 valence electrons. The van der Waals surface area contributed by atoms with Crippen LogP contribution in [0.4, 0.5) is 0 Å². The molecular formula is C10H17NOSi. The predicted octanol–water partition coefficient (Wildman–Crippen LogP) is 1.30. The summed E-state index contributed by atoms with van der Waals surface area (Å²) in [5.74, 6) is 0. The molecule has 0 aromatic carbocycles. The average molecular weight is 195 g/mol. The first-order valence-corrected chi connectivity index (χ1v) is 7.06. The fourth-order valence-electron chi connectivity index (χ4n) is 1.46. The maximum atomic E-state index is 9.88. The van der Waals surface area contributed by atoms with Crippen molar-refractivity contribution in [1.29, 1.82) is 0 Å². The Hall–Kier alpha value is -0.673. The van der Waals surface area contributed by atoms with Crippen molar-refractivity contribution >= 4 is 13.8 Å². The molecule has 0 saturated heterocycles. The van der Waals surface area contributed by atoms with E-state index in [4.69, 9.17) is 0 Å². The Bertz CT molecular complexity index is 275. The monoisotopic (exact) mass is 195 g/mol. The first-order chi connectivity index (χ1) is 6.16. The fourth-order valence-corrected chi connectivity index (χ4v) is 2.37. The first-order valence-electron chi connectivity index (χ1n) is 4.56. The zero-order valence-electron chi connectivity index (χ0n) is 8.46. The molecule has 0 saturated carbocycles. The molecule has 0 bridgehead atoms. The number of aliphatic hydroxyl groups is 1. The van der Waals surface area contributed by atoms with Gasteiger partial charge in [-0.2, -0.15) is 0 Å². The minimum absolute atomic E-state index is 0.0684. The number of likely N-dealkylation sites (N-methyl/N-ethyl adjacent to an activating group) is 1. The zero-order chi connectivity index (χ0) is 9.84. The Morgan fingerprint density at radius 1 is 1.62 bits per heavy atom. The molecule has 1 aliphatic rings. The van der Waals surface area contributed by atoms with Crippen molar-refractivity contribution in [1.82, 2.24) is 5.32 Å². The van der Waals surface area contributed by atoms with E-state index in [2.05, 4.69) is 30.6 Å². The van der Waals surface area contributed by atoms with E-state index >= 15 is 0 Å². The molecule has 0 heterocycles. The molecule has 0 amide bonds. The van der Waals surface area contributed by atoms with Crippen molar-refractivity contribution in [3.63, 3.8) is 0 Å². The Labute approximate surface area is 81.2 Å². The largest absolute Gasteiger partial charge is 0.516 e. The third-order valence-electron chi connectivity index (χ3n) is 2.25. The number of hydrogen-bond donors (Lipinski definition) is 2. The van der Waals surface area contributed by atoms with Crippen LogP contribution in [0.15, 0.2) is 23.8 Å². The molecular weight excluding hydrogens is 178 g/mol. The zero-order valence-corrected chi connectivity index (χ0v) is 9.46. The normalized spacial score (nSPS) is 17.0. The minimum atomic E-state index is -0.719. The Balaban J connectivity index is 2.80. The van der Waals surface area contributed by atoms with E-state index in [-0.39, 0.29) is 6.04 Å². The lowest BCUT2D eigenvalue weighted by molar-refractivity contribution is 0.521. The van der Waals surface area contributed by atoms with Crippen LogP contribution < -0.4 is 5.32 Å². The highest BCUT2D eigenvalue weighted by Gasteiger charge is 2.17. The van der Waals surface area contributed by atoms with E-state index in [0.717, 1.165) is 6.42 Å². The lowest BCUT2D eigenvalue weighted by Crippen LogP contribution is -2.38. The van der Waals surface area contributed by atoms with Crippen LogP contribution in [-0.2, 0) is 0 Å². The molecule has 1 aliphatic carbocycles. The van der Waals surface area contributed by atoms with Gasteiger partial charge in [0.25, 0.3) is 0 Å². The van der Waals surface area contributed by atoms with E-state index in [1.54, 1.807) is 0 Å². The van der Waals surface area contributed by atoms with Crippen LogP contribution in [0.25, 0.3) is 0 Å². The van der Waals surface area contributed by atoms with Crippen molar-refractivity contribution in [3.05, 3.63) is 23.8 Å². The van der Waals surface area contributed by atoms with Crippen molar-refractivity contribution in [3.8, 4) is 0 Å². The topological polar surface area (TPSA) is 32.3 Å². The summed E-state index contributed by atoms with van der Waals surface area (Å²) in [6.45, 7) is 4.21. The fraction of sp³-hybridized carbons (Fsp3) is 0.500. The molecule has 0 radical (unpaired) electrons. The van der Waals surface area contributed by atoms with Gasteiger partial charge in [-0.25, -0.2) is 0 Å². The minimum Gasteiger partial charge on any atom is -0.516 e. The summed E-state index contributed by atoms with van der Waals surface area (Å²) in [7, 11) is 1.18. The molecule has 1 atom stereocenters. The van der Waals surface area contributed by atoms with Gasteiger partial charge in [-0.1, -0.05) is 31.3 Å². The average Bonchev–Trinajstić information content (AvgIpc) is 2.58. The van der Waals surface area contributed by atoms with E-state index in [0.29, 0.717) is 5.35 Å². The SMILES string of the molecule is CNC(C1=CC=CC1)C(O)=[Si](C)C. The van der Waals surface area contributed by atoms with Crippen molar-refractivity contribution in [2.24, 2.45) is 0 Å². The van der Waals surface area contributed by atoms with Crippen LogP contribution in [-0.4, -0.2) is 32.0 Å². The first kappa shape index (κ1) is 10.4. The Morgan fingerprint density at radius 3 is 2.69 bits per heavy atom. The van der Waals surface area contributed by atoms with Gasteiger partial charge in [0.15, 0.2) is 0 Å². The molecule has 0 aromatic heterocycles. The lowest BCUT2D eigenvalue weighted by Gasteiger charge is -2.18. The van der Waals surface area contributed by atoms with Crippen LogP contribution in [0.2, 0.25) is 13.1 Å². The van der Waals surface area contributed by atoms with Gasteiger partial charge < -0.3 is 10.4 Å². The molecule has 0 fully saturated rings. The molecule has 3 heteroatoms. The van der Waals surface area contributed by atoms with Crippen LogP contribution in [0, 0.1) is 0 Å². The van der Waals surface area contributed by atoms with Gasteiger partial charge in [-0.15, -0.1) is 0 Å². The molecule has 0 aliphatic heterocycles. The number of allylic oxidation sites excluding steroid dienone is 3. The van der Waals surface area contributed by atoms with Crippen LogP contribution in [0.5, 0.6) is 0 Å². The van der Waals surface area contributed by atoms with E-state index in [1.165, 1.54) is 5.57 Å². The van der Waals surface area contributed by atoms with Gasteiger partial charge in [-0.05, 0) is 19.0 Å². The van der Waals surface area contributed by atoms with Crippen LogP contribution >= 0.6 is 0 Å². The van der Waals surface area contributed by atoms with Crippen LogP contribution in [0.1, 0.15) is 6.42 Å². The van der Waals surface area contributed by atoms with E-state index in [1.807, 2.05) is 13.1 Å². The van der Waals surface area contributed by atoms with E-state index in [9.17, 15) is 5.11 Å². The maximum Gasteiger partial charge on any atom is 0.0836 e. The van der Waals surface area contributed by atoms with E-state index < -0.39 is 8.41 Å². The summed E-state index contributed by atoms with van der Waals surface area (Å²) < 4.78 is 0. The number of aliphatic hydroxyl groups excluding tert-OH is 1. The summed E-state index contributed by atoms with van der Waals surface area (Å²) in [5.41, 5.74) is 1.27. The summed E-state index contributed by atoms with van der Waals surface area (Å²) in [5, 5.41) is 13.7. The second kappa shape index (κ2) is 4.53. The predicted molar refractivity (Wildman–Crippen MR) is 59.1 cm³/mol. The second-order valence-electron chi connectivity index (χ2n) is 3.48. The molecule has 13 heavy (non-hydrogen) atoms. The third kappa shape index (κ3) is 2.38. The second-order valence-corrected chi connectivity index (χ2v) is 5.99. The summed E-state index contributed by atoms with van der Waals surface area (Å²) >= 11 is 0. The smallest absolute Gasteiger partial charge is 0.0836 e. The Morgan fingerprint density at radius 2 is 2.31 bits per heavy atom. The summed E-state index contributed by atoms with van der Waals surface area (Å²) in [6, 6.07) is 0.0684. The third-order valence-corrected chi connectivity index (χ3v) is 3.56. The molecule has 1 unspecified atom stereocenters. The molecule has 0 aromatic rings. The van der Waals surface area contributed by atoms with Crippen molar-refractivity contribution in [2.45, 2.75) is 25.6 Å². The highest BCUT2D eigenvalue weighted by Crippen LogP contribution is 2.15. The standard InChI is InChI=1S/C10H17NOSi/c1-11-9(10(12)13(2)3)8-6-4-5-7-8/h4-6,9,11-12H,7H2,1-3H3. The quantitative estimate of drug-likeness (QED) is 0.665. The van der Waals surface area contributed by atoms with Gasteiger partial charge >= 0.3 is 0 Å². The van der Waals surface area contributed by atoms with Gasteiger partial charge in [0.2, 0.25) is 0 Å². The molecule has 1 rings (SSSR count). The van der Waals surface area contributed by atoms with Gasteiger partial charge in [0.1, 0.15) is 0 Å². The molecule has 2 nitrogen and oxygen atoms in total. The van der Waals surface area contributed by atoms with Gasteiger partial charge in [0, 0.05) is 0 Å². The number of nitrogens with one attached hydrogen (secondary N) is 1. The number of rotatable bonds is 3. The molecule has 0 spiro atoms. The lowest BCUT2D eigenvalue weighted by atomic mass is 10.1.